The number of aromatic nitrogens is 3. The third kappa shape index (κ3) is 2.75. The van der Waals surface area contributed by atoms with E-state index in [1.54, 1.807) is 10.9 Å². The molecule has 0 aliphatic heterocycles. The van der Waals surface area contributed by atoms with Crippen LogP contribution in [0.4, 0.5) is 5.69 Å². The molecule has 0 aromatic carbocycles. The summed E-state index contributed by atoms with van der Waals surface area (Å²) in [6, 6.07) is 0. The van der Waals surface area contributed by atoms with E-state index in [1.807, 2.05) is 13.8 Å². The molecule has 0 unspecified atom stereocenters. The highest BCUT2D eigenvalue weighted by molar-refractivity contribution is 5.97. The lowest BCUT2D eigenvalue weighted by molar-refractivity contribution is 0.0937. The minimum absolute atomic E-state index is 0.229. The maximum Gasteiger partial charge on any atom is 0.272 e. The van der Waals surface area contributed by atoms with Crippen molar-refractivity contribution in [2.75, 3.05) is 5.73 Å². The molecule has 0 aliphatic carbocycles. The lowest BCUT2D eigenvalue weighted by Gasteiger charge is -2.06. The van der Waals surface area contributed by atoms with Gasteiger partial charge in [-0.1, -0.05) is 6.92 Å². The summed E-state index contributed by atoms with van der Waals surface area (Å²) >= 11 is 0. The summed E-state index contributed by atoms with van der Waals surface area (Å²) in [6.07, 6.45) is 3.90. The molecule has 3 N–H and O–H groups in total. The van der Waals surface area contributed by atoms with Gasteiger partial charge in [-0.2, -0.15) is 5.10 Å². The smallest absolute Gasteiger partial charge is 0.272 e. The molecule has 2 aromatic rings. The number of nitrogens with two attached hydrogens (primary N) is 1. The van der Waals surface area contributed by atoms with Crippen LogP contribution in [0, 0.1) is 0 Å². The van der Waals surface area contributed by atoms with E-state index in [2.05, 4.69) is 15.4 Å². The Bertz CT molecular complexity index is 572. The summed E-state index contributed by atoms with van der Waals surface area (Å²) < 4.78 is 6.96. The van der Waals surface area contributed by atoms with E-state index in [0.717, 1.165) is 12.2 Å². The molecule has 0 fully saturated rings. The second-order valence-corrected chi connectivity index (χ2v) is 4.02. The Labute approximate surface area is 110 Å². The Morgan fingerprint density at radius 3 is 2.89 bits per heavy atom. The fraction of sp³-hybridized carbons (Fsp3) is 0.417. The first-order valence-corrected chi connectivity index (χ1v) is 6.18. The van der Waals surface area contributed by atoms with Crippen LogP contribution in [0.15, 0.2) is 16.8 Å². The summed E-state index contributed by atoms with van der Waals surface area (Å²) in [5.41, 5.74) is 6.46. The van der Waals surface area contributed by atoms with Gasteiger partial charge in [0.25, 0.3) is 5.91 Å². The number of hydrogen-bond acceptors (Lipinski definition) is 5. The van der Waals surface area contributed by atoms with Gasteiger partial charge in [0.1, 0.15) is 11.5 Å². The van der Waals surface area contributed by atoms with Crippen molar-refractivity contribution in [3.63, 3.8) is 0 Å². The second-order valence-electron chi connectivity index (χ2n) is 4.02. The van der Waals surface area contributed by atoms with Crippen molar-refractivity contribution in [1.29, 1.82) is 0 Å². The van der Waals surface area contributed by atoms with Crippen LogP contribution >= 0.6 is 0 Å². The summed E-state index contributed by atoms with van der Waals surface area (Å²) in [7, 11) is 0. The number of nitrogens with zero attached hydrogens (tertiary/aromatic N) is 3. The number of rotatable bonds is 5. The number of oxazole rings is 1. The molecule has 7 nitrogen and oxygen atoms in total. The van der Waals surface area contributed by atoms with Gasteiger partial charge in [-0.05, 0) is 6.92 Å². The molecule has 0 saturated heterocycles. The molecule has 1 amide bonds. The van der Waals surface area contributed by atoms with E-state index in [4.69, 9.17) is 10.2 Å². The van der Waals surface area contributed by atoms with E-state index < -0.39 is 0 Å². The average Bonchev–Trinajstić information content (AvgIpc) is 3.02. The second kappa shape index (κ2) is 5.55. The zero-order valence-electron chi connectivity index (χ0n) is 11.0. The van der Waals surface area contributed by atoms with Gasteiger partial charge < -0.3 is 15.5 Å². The Morgan fingerprint density at radius 2 is 2.26 bits per heavy atom. The third-order valence-corrected chi connectivity index (χ3v) is 2.73. The number of aryl methyl sites for hydroxylation is 2. The zero-order valence-corrected chi connectivity index (χ0v) is 11.0. The highest BCUT2D eigenvalue weighted by Gasteiger charge is 2.16. The third-order valence-electron chi connectivity index (χ3n) is 2.73. The molecule has 0 saturated carbocycles. The van der Waals surface area contributed by atoms with E-state index in [9.17, 15) is 4.79 Å². The Balaban J connectivity index is 2.03. The van der Waals surface area contributed by atoms with E-state index in [1.165, 1.54) is 6.20 Å². The molecule has 2 aromatic heterocycles. The van der Waals surface area contributed by atoms with Crippen LogP contribution in [0.2, 0.25) is 0 Å². The molecular formula is C12H17N5O2. The molecule has 19 heavy (non-hydrogen) atoms. The SMILES string of the molecule is CCc1cnc(CNC(=O)c2c(N)cnn2CC)o1. The fourth-order valence-corrected chi connectivity index (χ4v) is 1.72. The summed E-state index contributed by atoms with van der Waals surface area (Å²) in [6.45, 7) is 4.68. The Morgan fingerprint density at radius 1 is 1.47 bits per heavy atom. The predicted octanol–water partition coefficient (Wildman–Crippen LogP) is 0.966. The van der Waals surface area contributed by atoms with Gasteiger partial charge in [0.2, 0.25) is 5.89 Å². The van der Waals surface area contributed by atoms with Gasteiger partial charge >= 0.3 is 0 Å². The van der Waals surface area contributed by atoms with Crippen LogP contribution in [-0.4, -0.2) is 20.7 Å². The lowest BCUT2D eigenvalue weighted by atomic mass is 10.3. The van der Waals surface area contributed by atoms with Crippen LogP contribution in [0.1, 0.15) is 36.0 Å². The van der Waals surface area contributed by atoms with Crippen molar-refractivity contribution >= 4 is 11.6 Å². The van der Waals surface area contributed by atoms with Crippen molar-refractivity contribution in [1.82, 2.24) is 20.1 Å². The maximum absolute atomic E-state index is 12.0. The normalized spacial score (nSPS) is 10.6. The van der Waals surface area contributed by atoms with Gasteiger partial charge in [-0.25, -0.2) is 4.98 Å². The van der Waals surface area contributed by atoms with Crippen molar-refractivity contribution < 1.29 is 9.21 Å². The van der Waals surface area contributed by atoms with Gasteiger partial charge in [-0.3, -0.25) is 9.48 Å². The van der Waals surface area contributed by atoms with Gasteiger partial charge in [0, 0.05) is 13.0 Å². The van der Waals surface area contributed by atoms with Gasteiger partial charge in [0.05, 0.1) is 24.6 Å². The summed E-state index contributed by atoms with van der Waals surface area (Å²) in [5.74, 6) is 0.988. The first kappa shape index (κ1) is 13.1. The zero-order chi connectivity index (χ0) is 13.8. The molecule has 7 heteroatoms. The van der Waals surface area contributed by atoms with Crippen LogP contribution in [-0.2, 0) is 19.5 Å². The van der Waals surface area contributed by atoms with Gasteiger partial charge in [0.15, 0.2) is 0 Å². The fourth-order valence-electron chi connectivity index (χ4n) is 1.72. The molecule has 2 rings (SSSR count). The van der Waals surface area contributed by atoms with Crippen molar-refractivity contribution in [3.8, 4) is 0 Å². The standard InChI is InChI=1S/C12H17N5O2/c1-3-8-5-14-10(19-8)7-15-12(18)11-9(13)6-16-17(11)4-2/h5-6H,3-4,7,13H2,1-2H3,(H,15,18). The number of amides is 1. The van der Waals surface area contributed by atoms with Gasteiger partial charge in [-0.15, -0.1) is 0 Å². The average molecular weight is 263 g/mol. The van der Waals surface area contributed by atoms with Crippen LogP contribution in [0.3, 0.4) is 0 Å². The molecule has 0 bridgehead atoms. The topological polar surface area (TPSA) is 99.0 Å². The number of nitrogens with one attached hydrogen (secondary N) is 1. The summed E-state index contributed by atoms with van der Waals surface area (Å²) in [5, 5.41) is 6.74. The highest BCUT2D eigenvalue weighted by Crippen LogP contribution is 2.11. The molecule has 102 valence electrons. The molecule has 0 atom stereocenters. The van der Waals surface area contributed by atoms with Crippen molar-refractivity contribution in [2.45, 2.75) is 33.4 Å². The lowest BCUT2D eigenvalue weighted by Crippen LogP contribution is -2.26. The quantitative estimate of drug-likeness (QED) is 0.837. The number of carbonyl (C=O) groups is 1. The largest absolute Gasteiger partial charge is 0.444 e. The van der Waals surface area contributed by atoms with E-state index in [0.29, 0.717) is 23.8 Å². The van der Waals surface area contributed by atoms with Crippen LogP contribution in [0.5, 0.6) is 0 Å². The summed E-state index contributed by atoms with van der Waals surface area (Å²) in [4.78, 5) is 16.1. The molecular weight excluding hydrogens is 246 g/mol. The molecule has 0 aliphatic rings. The monoisotopic (exact) mass is 263 g/mol. The molecule has 2 heterocycles. The number of carbonyl (C=O) groups excluding carboxylic acids is 1. The predicted molar refractivity (Wildman–Crippen MR) is 69.4 cm³/mol. The molecule has 0 spiro atoms. The Hall–Kier alpha value is -2.31. The number of hydrogen-bond donors (Lipinski definition) is 2. The highest BCUT2D eigenvalue weighted by atomic mass is 16.4. The minimum atomic E-state index is -0.284. The maximum atomic E-state index is 12.0. The van der Waals surface area contributed by atoms with Crippen molar-refractivity contribution in [3.05, 3.63) is 29.7 Å². The first-order valence-electron chi connectivity index (χ1n) is 6.18. The first-order chi connectivity index (χ1) is 9.15. The molecule has 0 radical (unpaired) electrons. The van der Waals surface area contributed by atoms with E-state index in [-0.39, 0.29) is 12.5 Å². The minimum Gasteiger partial charge on any atom is -0.444 e. The van der Waals surface area contributed by atoms with E-state index >= 15 is 0 Å². The number of anilines is 1. The van der Waals surface area contributed by atoms with Crippen LogP contribution in [0.25, 0.3) is 0 Å². The van der Waals surface area contributed by atoms with Crippen molar-refractivity contribution in [2.24, 2.45) is 0 Å². The Kier molecular flexibility index (Phi) is 3.84. The van der Waals surface area contributed by atoms with Crippen LogP contribution < -0.4 is 11.1 Å². The number of nitrogen functional groups attached to an aromatic ring is 1.